The Morgan fingerprint density at radius 2 is 1.84 bits per heavy atom. The maximum Gasteiger partial charge on any atom is 0.0782 e. The maximum atomic E-state index is 6.22. The van der Waals surface area contributed by atoms with E-state index in [0.29, 0.717) is 15.1 Å². The lowest BCUT2D eigenvalue weighted by Gasteiger charge is -2.18. The van der Waals surface area contributed by atoms with Crippen molar-refractivity contribution in [3.63, 3.8) is 0 Å². The summed E-state index contributed by atoms with van der Waals surface area (Å²) in [5.41, 5.74) is 2.93. The van der Waals surface area contributed by atoms with Crippen LogP contribution >= 0.6 is 34.8 Å². The van der Waals surface area contributed by atoms with Crippen LogP contribution in [0, 0.1) is 6.92 Å². The van der Waals surface area contributed by atoms with E-state index in [1.54, 1.807) is 12.3 Å². The number of nitrogens with zero attached hydrogens (tertiary/aromatic N) is 1. The molecule has 1 N–H and O–H groups in total. The van der Waals surface area contributed by atoms with Gasteiger partial charge in [-0.15, -0.1) is 0 Å². The fourth-order valence-corrected chi connectivity index (χ4v) is 2.54. The van der Waals surface area contributed by atoms with Crippen molar-refractivity contribution in [2.45, 2.75) is 19.9 Å². The van der Waals surface area contributed by atoms with Gasteiger partial charge < -0.3 is 5.32 Å². The molecule has 0 radical (unpaired) electrons. The highest BCUT2D eigenvalue weighted by Gasteiger charge is 2.14. The molecule has 0 saturated heterocycles. The smallest absolute Gasteiger partial charge is 0.0782 e. The number of nitrogens with one attached hydrogen (secondary N) is 1. The van der Waals surface area contributed by atoms with Crippen LogP contribution in [-0.4, -0.2) is 4.98 Å². The number of hydrogen-bond donors (Lipinski definition) is 1. The lowest BCUT2D eigenvalue weighted by atomic mass is 10.1. The van der Waals surface area contributed by atoms with Crippen molar-refractivity contribution in [2.24, 2.45) is 0 Å². The monoisotopic (exact) mass is 314 g/mol. The van der Waals surface area contributed by atoms with E-state index in [4.69, 9.17) is 34.8 Å². The van der Waals surface area contributed by atoms with Crippen molar-refractivity contribution in [1.82, 2.24) is 4.98 Å². The molecular weight excluding hydrogens is 303 g/mol. The Hall–Kier alpha value is -0.960. The van der Waals surface area contributed by atoms with Gasteiger partial charge in [0, 0.05) is 12.4 Å². The van der Waals surface area contributed by atoms with E-state index in [0.717, 1.165) is 16.8 Å². The van der Waals surface area contributed by atoms with Gasteiger partial charge in [0.1, 0.15) is 0 Å². The maximum absolute atomic E-state index is 6.22. The number of anilines is 1. The van der Waals surface area contributed by atoms with Gasteiger partial charge in [-0.3, -0.25) is 4.98 Å². The summed E-state index contributed by atoms with van der Waals surface area (Å²) in [4.78, 5) is 4.14. The van der Waals surface area contributed by atoms with E-state index in [1.165, 1.54) is 0 Å². The predicted molar refractivity (Wildman–Crippen MR) is 82.5 cm³/mol. The first kappa shape index (κ1) is 14.4. The quantitative estimate of drug-likeness (QED) is 0.754. The molecule has 1 atom stereocenters. The lowest BCUT2D eigenvalue weighted by molar-refractivity contribution is 0.882. The SMILES string of the molecule is Cc1cncc(NC(C)c2ccc(Cl)c(Cl)c2Cl)c1. The van der Waals surface area contributed by atoms with Gasteiger partial charge in [0.25, 0.3) is 0 Å². The fraction of sp³-hybridized carbons (Fsp3) is 0.214. The van der Waals surface area contributed by atoms with Crippen LogP contribution in [-0.2, 0) is 0 Å². The van der Waals surface area contributed by atoms with Crippen LogP contribution in [0.4, 0.5) is 5.69 Å². The number of hydrogen-bond acceptors (Lipinski definition) is 2. The van der Waals surface area contributed by atoms with Crippen LogP contribution in [0.25, 0.3) is 0 Å². The zero-order valence-corrected chi connectivity index (χ0v) is 12.8. The molecule has 0 fully saturated rings. The van der Waals surface area contributed by atoms with Crippen molar-refractivity contribution < 1.29 is 0 Å². The van der Waals surface area contributed by atoms with Crippen molar-refractivity contribution in [3.05, 3.63) is 56.8 Å². The molecule has 0 aliphatic heterocycles. The minimum atomic E-state index is 0.00543. The third-order valence-corrected chi connectivity index (χ3v) is 4.10. The van der Waals surface area contributed by atoms with Crippen LogP contribution < -0.4 is 5.32 Å². The summed E-state index contributed by atoms with van der Waals surface area (Å²) < 4.78 is 0. The summed E-state index contributed by atoms with van der Waals surface area (Å²) in [6.07, 6.45) is 3.58. The second-order valence-corrected chi connectivity index (χ2v) is 5.54. The number of rotatable bonds is 3. The van der Waals surface area contributed by atoms with Gasteiger partial charge in [0.05, 0.1) is 26.8 Å². The fourth-order valence-electron chi connectivity index (χ4n) is 1.84. The number of aromatic nitrogens is 1. The Bertz CT molecular complexity index is 599. The summed E-state index contributed by atoms with van der Waals surface area (Å²) in [5.74, 6) is 0. The Kier molecular flexibility index (Phi) is 4.56. The Balaban J connectivity index is 2.25. The molecule has 19 heavy (non-hydrogen) atoms. The van der Waals surface area contributed by atoms with Gasteiger partial charge in [0.2, 0.25) is 0 Å². The average Bonchev–Trinajstić information content (AvgIpc) is 2.36. The Morgan fingerprint density at radius 3 is 2.53 bits per heavy atom. The van der Waals surface area contributed by atoms with Crippen LogP contribution in [0.2, 0.25) is 15.1 Å². The standard InChI is InChI=1S/C14H13Cl3N2/c1-8-5-10(7-18-6-8)19-9(2)11-3-4-12(15)14(17)13(11)16/h3-7,9,19H,1-2H3. The van der Waals surface area contributed by atoms with Gasteiger partial charge in [0.15, 0.2) is 0 Å². The van der Waals surface area contributed by atoms with E-state index in [2.05, 4.69) is 10.3 Å². The van der Waals surface area contributed by atoms with Crippen LogP contribution in [0.3, 0.4) is 0 Å². The molecule has 0 saturated carbocycles. The van der Waals surface area contributed by atoms with Crippen LogP contribution in [0.1, 0.15) is 24.1 Å². The van der Waals surface area contributed by atoms with Crippen molar-refractivity contribution in [2.75, 3.05) is 5.32 Å². The van der Waals surface area contributed by atoms with E-state index < -0.39 is 0 Å². The van der Waals surface area contributed by atoms with E-state index >= 15 is 0 Å². The third kappa shape index (κ3) is 3.33. The number of benzene rings is 1. The summed E-state index contributed by atoms with van der Waals surface area (Å²) >= 11 is 18.2. The molecule has 1 unspecified atom stereocenters. The first-order valence-corrected chi connectivity index (χ1v) is 6.94. The molecular formula is C14H13Cl3N2. The van der Waals surface area contributed by atoms with Crippen molar-refractivity contribution in [1.29, 1.82) is 0 Å². The predicted octanol–water partition coefficient (Wildman–Crippen LogP) is 5.52. The topological polar surface area (TPSA) is 24.9 Å². The Labute approximate surface area is 127 Å². The third-order valence-electron chi connectivity index (χ3n) is 2.79. The molecule has 2 nitrogen and oxygen atoms in total. The highest BCUT2D eigenvalue weighted by Crippen LogP contribution is 2.36. The molecule has 0 spiro atoms. The van der Waals surface area contributed by atoms with Crippen LogP contribution in [0.15, 0.2) is 30.6 Å². The average molecular weight is 316 g/mol. The minimum absolute atomic E-state index is 0.00543. The minimum Gasteiger partial charge on any atom is -0.377 e. The summed E-state index contributed by atoms with van der Waals surface area (Å²) in [7, 11) is 0. The molecule has 0 bridgehead atoms. The van der Waals surface area contributed by atoms with Crippen molar-refractivity contribution >= 4 is 40.5 Å². The van der Waals surface area contributed by atoms with E-state index in [1.807, 2.05) is 32.2 Å². The normalized spacial score (nSPS) is 12.3. The highest BCUT2D eigenvalue weighted by molar-refractivity contribution is 6.48. The molecule has 2 aromatic rings. The number of aryl methyl sites for hydroxylation is 1. The van der Waals surface area contributed by atoms with Gasteiger partial charge in [-0.25, -0.2) is 0 Å². The molecule has 2 rings (SSSR count). The largest absolute Gasteiger partial charge is 0.377 e. The van der Waals surface area contributed by atoms with Crippen molar-refractivity contribution in [3.8, 4) is 0 Å². The molecule has 1 heterocycles. The molecule has 100 valence electrons. The Morgan fingerprint density at radius 1 is 1.11 bits per heavy atom. The number of halogens is 3. The summed E-state index contributed by atoms with van der Waals surface area (Å²) in [6.45, 7) is 4.00. The number of pyridine rings is 1. The second-order valence-electron chi connectivity index (χ2n) is 4.38. The van der Waals surface area contributed by atoms with Gasteiger partial charge >= 0.3 is 0 Å². The first-order valence-electron chi connectivity index (χ1n) is 5.80. The summed E-state index contributed by atoms with van der Waals surface area (Å²) in [5, 5.41) is 4.66. The molecule has 0 aliphatic rings. The lowest BCUT2D eigenvalue weighted by Crippen LogP contribution is -2.07. The first-order chi connectivity index (χ1) is 8.99. The zero-order chi connectivity index (χ0) is 14.0. The van der Waals surface area contributed by atoms with Gasteiger partial charge in [-0.2, -0.15) is 0 Å². The highest BCUT2D eigenvalue weighted by atomic mass is 35.5. The van der Waals surface area contributed by atoms with E-state index in [9.17, 15) is 0 Å². The van der Waals surface area contributed by atoms with Gasteiger partial charge in [-0.05, 0) is 37.1 Å². The van der Waals surface area contributed by atoms with E-state index in [-0.39, 0.29) is 6.04 Å². The molecule has 0 amide bonds. The second kappa shape index (κ2) is 6.00. The summed E-state index contributed by atoms with van der Waals surface area (Å²) in [6, 6.07) is 5.65. The molecule has 0 aliphatic carbocycles. The molecule has 1 aromatic heterocycles. The molecule has 5 heteroatoms. The van der Waals surface area contributed by atoms with Gasteiger partial charge in [-0.1, -0.05) is 40.9 Å². The molecule has 1 aromatic carbocycles. The van der Waals surface area contributed by atoms with Crippen LogP contribution in [0.5, 0.6) is 0 Å². The zero-order valence-electron chi connectivity index (χ0n) is 10.5.